The summed E-state index contributed by atoms with van der Waals surface area (Å²) in [5.41, 5.74) is 0.176. The van der Waals surface area contributed by atoms with E-state index in [1.54, 1.807) is 12.1 Å². The summed E-state index contributed by atoms with van der Waals surface area (Å²) in [5, 5.41) is 2.51. The second-order valence-corrected chi connectivity index (χ2v) is 6.96. The standard InChI is InChI=1S/C16H16FNO4S/c1-11(22-13-7-5-6-12(17)10-13)16(19)18-14-8-3-4-9-15(14)23(2,20)21/h3-11H,1-2H3,(H,18,19). The summed E-state index contributed by atoms with van der Waals surface area (Å²) in [4.78, 5) is 12.2. The molecule has 1 unspecified atom stereocenters. The molecule has 0 spiro atoms. The Labute approximate surface area is 134 Å². The lowest BCUT2D eigenvalue weighted by atomic mass is 10.3. The van der Waals surface area contributed by atoms with Crippen LogP contribution in [-0.4, -0.2) is 26.7 Å². The first kappa shape index (κ1) is 17.0. The normalized spacial score (nSPS) is 12.5. The van der Waals surface area contributed by atoms with Crippen LogP contribution in [0, 0.1) is 5.82 Å². The minimum absolute atomic E-state index is 0.0197. The van der Waals surface area contributed by atoms with E-state index in [1.807, 2.05) is 0 Å². The zero-order valence-corrected chi connectivity index (χ0v) is 13.4. The van der Waals surface area contributed by atoms with Crippen molar-refractivity contribution in [1.29, 1.82) is 0 Å². The van der Waals surface area contributed by atoms with Gasteiger partial charge in [0.15, 0.2) is 15.9 Å². The summed E-state index contributed by atoms with van der Waals surface area (Å²) in [6.07, 6.45) is 0.134. The molecule has 0 aliphatic heterocycles. The highest BCUT2D eigenvalue weighted by Gasteiger charge is 2.19. The number of benzene rings is 2. The predicted molar refractivity (Wildman–Crippen MR) is 84.7 cm³/mol. The monoisotopic (exact) mass is 337 g/mol. The lowest BCUT2D eigenvalue weighted by Crippen LogP contribution is -2.30. The van der Waals surface area contributed by atoms with E-state index in [1.165, 1.54) is 37.3 Å². The van der Waals surface area contributed by atoms with Gasteiger partial charge in [0.2, 0.25) is 0 Å². The second kappa shape index (κ2) is 6.78. The molecule has 0 aromatic heterocycles. The Morgan fingerprint density at radius 1 is 1.17 bits per heavy atom. The fraction of sp³-hybridized carbons (Fsp3) is 0.188. The van der Waals surface area contributed by atoms with E-state index in [9.17, 15) is 17.6 Å². The van der Waals surface area contributed by atoms with Crippen LogP contribution in [-0.2, 0) is 14.6 Å². The molecule has 1 atom stereocenters. The van der Waals surface area contributed by atoms with Crippen molar-refractivity contribution in [3.63, 3.8) is 0 Å². The van der Waals surface area contributed by atoms with Crippen molar-refractivity contribution >= 4 is 21.4 Å². The Morgan fingerprint density at radius 2 is 1.87 bits per heavy atom. The maximum absolute atomic E-state index is 13.1. The number of ether oxygens (including phenoxy) is 1. The van der Waals surface area contributed by atoms with Crippen molar-refractivity contribution in [3.8, 4) is 5.75 Å². The van der Waals surface area contributed by atoms with E-state index in [2.05, 4.69) is 5.32 Å². The summed E-state index contributed by atoms with van der Waals surface area (Å²) in [6, 6.07) is 11.5. The van der Waals surface area contributed by atoms with Crippen LogP contribution in [0.5, 0.6) is 5.75 Å². The number of amides is 1. The van der Waals surface area contributed by atoms with E-state index >= 15 is 0 Å². The van der Waals surface area contributed by atoms with Crippen molar-refractivity contribution in [2.75, 3.05) is 11.6 Å². The highest BCUT2D eigenvalue weighted by atomic mass is 32.2. The number of para-hydroxylation sites is 1. The van der Waals surface area contributed by atoms with Crippen LogP contribution in [0.4, 0.5) is 10.1 Å². The Morgan fingerprint density at radius 3 is 2.52 bits per heavy atom. The SMILES string of the molecule is CC(Oc1cccc(F)c1)C(=O)Nc1ccccc1S(C)(=O)=O. The molecule has 0 saturated carbocycles. The van der Waals surface area contributed by atoms with E-state index < -0.39 is 27.7 Å². The number of hydrogen-bond donors (Lipinski definition) is 1. The molecule has 2 rings (SSSR count). The third kappa shape index (κ3) is 4.53. The van der Waals surface area contributed by atoms with E-state index in [0.29, 0.717) is 0 Å². The fourth-order valence-electron chi connectivity index (χ4n) is 1.93. The smallest absolute Gasteiger partial charge is 0.265 e. The third-order valence-electron chi connectivity index (χ3n) is 3.02. The number of sulfone groups is 1. The average molecular weight is 337 g/mol. The summed E-state index contributed by atoms with van der Waals surface area (Å²) < 4.78 is 41.9. The van der Waals surface area contributed by atoms with Gasteiger partial charge in [-0.05, 0) is 31.2 Å². The zero-order chi connectivity index (χ0) is 17.0. The first-order valence-electron chi connectivity index (χ1n) is 6.79. The largest absolute Gasteiger partial charge is 0.481 e. The van der Waals surface area contributed by atoms with Gasteiger partial charge in [0.05, 0.1) is 10.6 Å². The average Bonchev–Trinajstić information content (AvgIpc) is 2.46. The first-order chi connectivity index (χ1) is 10.8. The molecule has 5 nitrogen and oxygen atoms in total. The molecule has 0 heterocycles. The molecule has 1 N–H and O–H groups in total. The first-order valence-corrected chi connectivity index (χ1v) is 8.68. The zero-order valence-electron chi connectivity index (χ0n) is 12.6. The van der Waals surface area contributed by atoms with Gasteiger partial charge >= 0.3 is 0 Å². The maximum Gasteiger partial charge on any atom is 0.265 e. The summed E-state index contributed by atoms with van der Waals surface area (Å²) in [5.74, 6) is -0.799. The van der Waals surface area contributed by atoms with Gasteiger partial charge in [-0.3, -0.25) is 4.79 Å². The van der Waals surface area contributed by atoms with Crippen LogP contribution in [0.1, 0.15) is 6.92 Å². The highest BCUT2D eigenvalue weighted by molar-refractivity contribution is 7.90. The Bertz CT molecular complexity index is 820. The molecule has 0 aliphatic carbocycles. The molecule has 122 valence electrons. The number of nitrogens with one attached hydrogen (secondary N) is 1. The maximum atomic E-state index is 13.1. The Kier molecular flexibility index (Phi) is 5.00. The molecular weight excluding hydrogens is 321 g/mol. The van der Waals surface area contributed by atoms with Gasteiger partial charge < -0.3 is 10.1 Å². The highest BCUT2D eigenvalue weighted by Crippen LogP contribution is 2.21. The van der Waals surface area contributed by atoms with Crippen molar-refractivity contribution in [3.05, 3.63) is 54.3 Å². The summed E-state index contributed by atoms with van der Waals surface area (Å²) in [7, 11) is -3.47. The number of rotatable bonds is 5. The van der Waals surface area contributed by atoms with Gasteiger partial charge in [0.1, 0.15) is 11.6 Å². The van der Waals surface area contributed by atoms with Crippen LogP contribution in [0.3, 0.4) is 0 Å². The number of anilines is 1. The van der Waals surface area contributed by atoms with Gasteiger partial charge in [0, 0.05) is 12.3 Å². The van der Waals surface area contributed by atoms with Gasteiger partial charge in [-0.2, -0.15) is 0 Å². The van der Waals surface area contributed by atoms with E-state index in [0.717, 1.165) is 12.3 Å². The van der Waals surface area contributed by atoms with E-state index in [-0.39, 0.29) is 16.3 Å². The minimum Gasteiger partial charge on any atom is -0.481 e. The molecule has 0 fully saturated rings. The lowest BCUT2D eigenvalue weighted by Gasteiger charge is -2.16. The van der Waals surface area contributed by atoms with Gasteiger partial charge in [-0.1, -0.05) is 18.2 Å². The van der Waals surface area contributed by atoms with Gasteiger partial charge in [-0.25, -0.2) is 12.8 Å². The van der Waals surface area contributed by atoms with Crippen LogP contribution in [0.15, 0.2) is 53.4 Å². The Balaban J connectivity index is 2.13. The molecule has 0 saturated heterocycles. The quantitative estimate of drug-likeness (QED) is 0.910. The molecule has 2 aromatic carbocycles. The molecule has 1 amide bonds. The number of hydrogen-bond acceptors (Lipinski definition) is 4. The summed E-state index contributed by atoms with van der Waals surface area (Å²) >= 11 is 0. The topological polar surface area (TPSA) is 72.5 Å². The molecule has 0 aliphatic rings. The molecule has 0 bridgehead atoms. The minimum atomic E-state index is -3.47. The van der Waals surface area contributed by atoms with Crippen LogP contribution < -0.4 is 10.1 Å². The van der Waals surface area contributed by atoms with Gasteiger partial charge in [0.25, 0.3) is 5.91 Å². The van der Waals surface area contributed by atoms with Gasteiger partial charge in [-0.15, -0.1) is 0 Å². The number of halogens is 1. The molecule has 7 heteroatoms. The van der Waals surface area contributed by atoms with E-state index in [4.69, 9.17) is 4.74 Å². The Hall–Kier alpha value is -2.41. The van der Waals surface area contributed by atoms with Crippen LogP contribution in [0.25, 0.3) is 0 Å². The third-order valence-corrected chi connectivity index (χ3v) is 4.18. The molecule has 0 radical (unpaired) electrons. The molecular formula is C16H16FNO4S. The number of carbonyl (C=O) groups is 1. The van der Waals surface area contributed by atoms with Crippen molar-refractivity contribution in [2.45, 2.75) is 17.9 Å². The fourth-order valence-corrected chi connectivity index (χ4v) is 2.77. The number of carbonyl (C=O) groups excluding carboxylic acids is 1. The predicted octanol–water partition coefficient (Wildman–Crippen LogP) is 2.64. The lowest BCUT2D eigenvalue weighted by molar-refractivity contribution is -0.122. The molecule has 23 heavy (non-hydrogen) atoms. The second-order valence-electron chi connectivity index (χ2n) is 4.98. The van der Waals surface area contributed by atoms with Crippen molar-refractivity contribution in [1.82, 2.24) is 0 Å². The van der Waals surface area contributed by atoms with Crippen molar-refractivity contribution < 1.29 is 22.3 Å². The van der Waals surface area contributed by atoms with Crippen LogP contribution in [0.2, 0.25) is 0 Å². The summed E-state index contributed by atoms with van der Waals surface area (Å²) in [6.45, 7) is 1.49. The van der Waals surface area contributed by atoms with Crippen LogP contribution >= 0.6 is 0 Å². The molecule has 2 aromatic rings. The van der Waals surface area contributed by atoms with Crippen molar-refractivity contribution in [2.24, 2.45) is 0 Å².